The molecule has 1 N–H and O–H groups in total. The molecule has 1 aromatic heterocycles. The van der Waals surface area contributed by atoms with Crippen molar-refractivity contribution in [1.82, 2.24) is 9.29 Å². The third kappa shape index (κ3) is 3.54. The lowest BCUT2D eigenvalue weighted by Gasteiger charge is -2.29. The average molecular weight is 353 g/mol. The summed E-state index contributed by atoms with van der Waals surface area (Å²) >= 11 is 1.46. The van der Waals surface area contributed by atoms with Crippen molar-refractivity contribution in [3.05, 3.63) is 23.8 Å². The molecule has 124 valence electrons. The third-order valence-corrected chi connectivity index (χ3v) is 6.38. The van der Waals surface area contributed by atoms with Crippen LogP contribution in [0.4, 0.5) is 5.13 Å². The highest BCUT2D eigenvalue weighted by molar-refractivity contribution is 7.88. The van der Waals surface area contributed by atoms with Gasteiger partial charge in [-0.05, 0) is 31.4 Å². The van der Waals surface area contributed by atoms with Crippen molar-refractivity contribution in [2.45, 2.75) is 19.8 Å². The van der Waals surface area contributed by atoms with E-state index in [2.05, 4.69) is 10.3 Å². The topological polar surface area (TPSA) is 79.4 Å². The van der Waals surface area contributed by atoms with Crippen LogP contribution in [0.25, 0.3) is 10.2 Å². The number of rotatable bonds is 3. The number of amides is 1. The van der Waals surface area contributed by atoms with E-state index in [1.165, 1.54) is 21.9 Å². The Bertz CT molecular complexity index is 837. The van der Waals surface area contributed by atoms with Gasteiger partial charge in [-0.25, -0.2) is 17.7 Å². The van der Waals surface area contributed by atoms with Crippen molar-refractivity contribution in [3.63, 3.8) is 0 Å². The Balaban J connectivity index is 1.66. The predicted octanol–water partition coefficient (Wildman–Crippen LogP) is 2.21. The summed E-state index contributed by atoms with van der Waals surface area (Å²) in [6.07, 6.45) is 2.29. The first-order chi connectivity index (χ1) is 10.8. The number of carbonyl (C=O) groups excluding carboxylic acids is 1. The van der Waals surface area contributed by atoms with Crippen LogP contribution < -0.4 is 5.32 Å². The minimum atomic E-state index is -3.16. The second-order valence-electron chi connectivity index (χ2n) is 5.87. The molecular formula is C15H19N3O3S2. The maximum absolute atomic E-state index is 12.4. The predicted molar refractivity (Wildman–Crippen MR) is 92.1 cm³/mol. The number of anilines is 1. The van der Waals surface area contributed by atoms with Gasteiger partial charge >= 0.3 is 0 Å². The molecule has 1 amide bonds. The Morgan fingerprint density at radius 1 is 1.35 bits per heavy atom. The normalized spacial score (nSPS) is 17.5. The van der Waals surface area contributed by atoms with Crippen molar-refractivity contribution >= 4 is 42.6 Å². The fourth-order valence-electron chi connectivity index (χ4n) is 2.80. The van der Waals surface area contributed by atoms with E-state index in [1.807, 2.05) is 25.1 Å². The smallest absolute Gasteiger partial charge is 0.229 e. The summed E-state index contributed by atoms with van der Waals surface area (Å²) in [6.45, 7) is 2.79. The summed E-state index contributed by atoms with van der Waals surface area (Å²) in [7, 11) is -3.16. The molecule has 1 aromatic carbocycles. The monoisotopic (exact) mass is 353 g/mol. The summed E-state index contributed by atoms with van der Waals surface area (Å²) in [4.78, 5) is 16.9. The van der Waals surface area contributed by atoms with Gasteiger partial charge in [0.25, 0.3) is 0 Å². The van der Waals surface area contributed by atoms with Gasteiger partial charge < -0.3 is 5.32 Å². The maximum atomic E-state index is 12.4. The van der Waals surface area contributed by atoms with E-state index in [1.54, 1.807) is 0 Å². The quantitative estimate of drug-likeness (QED) is 0.917. The van der Waals surface area contributed by atoms with Gasteiger partial charge in [-0.3, -0.25) is 4.79 Å². The Kier molecular flexibility index (Phi) is 4.39. The lowest BCUT2D eigenvalue weighted by atomic mass is 9.97. The molecule has 1 saturated heterocycles. The van der Waals surface area contributed by atoms with E-state index in [-0.39, 0.29) is 11.8 Å². The van der Waals surface area contributed by atoms with Crippen LogP contribution in [0.5, 0.6) is 0 Å². The molecule has 2 heterocycles. The first-order valence-corrected chi connectivity index (χ1v) is 10.1. The maximum Gasteiger partial charge on any atom is 0.229 e. The second-order valence-corrected chi connectivity index (χ2v) is 8.88. The van der Waals surface area contributed by atoms with Gasteiger partial charge in [0.2, 0.25) is 15.9 Å². The number of aryl methyl sites for hydroxylation is 1. The van der Waals surface area contributed by atoms with Gasteiger partial charge in [-0.15, -0.1) is 0 Å². The van der Waals surface area contributed by atoms with Gasteiger partial charge in [-0.2, -0.15) is 0 Å². The van der Waals surface area contributed by atoms with E-state index in [0.29, 0.717) is 31.1 Å². The molecule has 0 spiro atoms. The lowest BCUT2D eigenvalue weighted by molar-refractivity contribution is -0.120. The molecule has 6 nitrogen and oxygen atoms in total. The van der Waals surface area contributed by atoms with Crippen molar-refractivity contribution in [2.75, 3.05) is 24.7 Å². The number of fused-ring (bicyclic) bond motifs is 1. The number of nitrogens with zero attached hydrogens (tertiary/aromatic N) is 2. The zero-order valence-corrected chi connectivity index (χ0v) is 14.7. The van der Waals surface area contributed by atoms with Crippen molar-refractivity contribution < 1.29 is 13.2 Å². The van der Waals surface area contributed by atoms with Crippen LogP contribution in [0.3, 0.4) is 0 Å². The molecule has 2 aromatic rings. The molecular weight excluding hydrogens is 334 g/mol. The number of benzene rings is 1. The van der Waals surface area contributed by atoms with E-state index in [0.717, 1.165) is 15.8 Å². The standard InChI is InChI=1S/C15H19N3O3S2/c1-10-4-3-5-12-13(10)16-15(22-12)17-14(19)11-6-8-18(9-7-11)23(2,20)21/h3-5,11H,6-9H2,1-2H3,(H,16,17,19). The van der Waals surface area contributed by atoms with Crippen LogP contribution in [0.1, 0.15) is 18.4 Å². The zero-order valence-electron chi connectivity index (χ0n) is 13.1. The van der Waals surface area contributed by atoms with Crippen LogP contribution in [-0.2, 0) is 14.8 Å². The molecule has 0 radical (unpaired) electrons. The highest BCUT2D eigenvalue weighted by Crippen LogP contribution is 2.29. The van der Waals surface area contributed by atoms with E-state index in [9.17, 15) is 13.2 Å². The minimum absolute atomic E-state index is 0.0742. The molecule has 8 heteroatoms. The molecule has 0 unspecified atom stereocenters. The average Bonchev–Trinajstić information content (AvgIpc) is 2.90. The third-order valence-electron chi connectivity index (χ3n) is 4.14. The number of hydrogen-bond acceptors (Lipinski definition) is 5. The minimum Gasteiger partial charge on any atom is -0.302 e. The Hall–Kier alpha value is -1.51. The second kappa shape index (κ2) is 6.18. The van der Waals surface area contributed by atoms with Gasteiger partial charge in [0.15, 0.2) is 5.13 Å². The van der Waals surface area contributed by atoms with Gasteiger partial charge in [0, 0.05) is 19.0 Å². The molecule has 1 aliphatic rings. The van der Waals surface area contributed by atoms with E-state index >= 15 is 0 Å². The van der Waals surface area contributed by atoms with Crippen LogP contribution in [0.15, 0.2) is 18.2 Å². The number of nitrogens with one attached hydrogen (secondary N) is 1. The molecule has 0 atom stereocenters. The van der Waals surface area contributed by atoms with Gasteiger partial charge in [-0.1, -0.05) is 23.5 Å². The summed E-state index contributed by atoms with van der Waals surface area (Å²) in [5.74, 6) is -0.240. The molecule has 23 heavy (non-hydrogen) atoms. The molecule has 3 rings (SSSR count). The summed E-state index contributed by atoms with van der Waals surface area (Å²) in [5, 5.41) is 3.48. The van der Waals surface area contributed by atoms with E-state index < -0.39 is 10.0 Å². The van der Waals surface area contributed by atoms with Crippen LogP contribution >= 0.6 is 11.3 Å². The number of aromatic nitrogens is 1. The van der Waals surface area contributed by atoms with Crippen molar-refractivity contribution in [2.24, 2.45) is 5.92 Å². The van der Waals surface area contributed by atoms with Crippen LogP contribution in [0.2, 0.25) is 0 Å². The van der Waals surface area contributed by atoms with Crippen LogP contribution in [0, 0.1) is 12.8 Å². The molecule has 0 bridgehead atoms. The SMILES string of the molecule is Cc1cccc2sc(NC(=O)C3CCN(S(C)(=O)=O)CC3)nc12. The Morgan fingerprint density at radius 3 is 2.65 bits per heavy atom. The number of carbonyl (C=O) groups is 1. The number of piperidine rings is 1. The summed E-state index contributed by atoms with van der Waals surface area (Å²) < 4.78 is 25.5. The summed E-state index contributed by atoms with van der Waals surface area (Å²) in [5.41, 5.74) is 2.00. The van der Waals surface area contributed by atoms with Crippen molar-refractivity contribution in [3.8, 4) is 0 Å². The Morgan fingerprint density at radius 2 is 2.04 bits per heavy atom. The zero-order chi connectivity index (χ0) is 16.6. The number of sulfonamides is 1. The summed E-state index contributed by atoms with van der Waals surface area (Å²) in [6, 6.07) is 5.96. The van der Waals surface area contributed by atoms with Crippen molar-refractivity contribution in [1.29, 1.82) is 0 Å². The van der Waals surface area contributed by atoms with Crippen LogP contribution in [-0.4, -0.2) is 43.0 Å². The largest absolute Gasteiger partial charge is 0.302 e. The number of para-hydroxylation sites is 1. The molecule has 0 saturated carbocycles. The van der Waals surface area contributed by atoms with Gasteiger partial charge in [0.05, 0.1) is 16.5 Å². The molecule has 1 aliphatic heterocycles. The van der Waals surface area contributed by atoms with Gasteiger partial charge in [0.1, 0.15) is 0 Å². The number of thiazole rings is 1. The highest BCUT2D eigenvalue weighted by Gasteiger charge is 2.29. The first-order valence-electron chi connectivity index (χ1n) is 7.47. The fraction of sp³-hybridized carbons (Fsp3) is 0.467. The highest BCUT2D eigenvalue weighted by atomic mass is 32.2. The molecule has 0 aliphatic carbocycles. The fourth-order valence-corrected chi connectivity index (χ4v) is 4.62. The number of hydrogen-bond donors (Lipinski definition) is 1. The first kappa shape index (κ1) is 16.4. The van der Waals surface area contributed by atoms with E-state index in [4.69, 9.17) is 0 Å². The Labute approximate surface area is 139 Å². The molecule has 1 fully saturated rings. The lowest BCUT2D eigenvalue weighted by Crippen LogP contribution is -2.40.